The van der Waals surface area contributed by atoms with Crippen molar-refractivity contribution in [1.82, 2.24) is 5.32 Å². The van der Waals surface area contributed by atoms with Gasteiger partial charge in [-0.2, -0.15) is 0 Å². The highest BCUT2D eigenvalue weighted by Crippen LogP contribution is 2.18. The molecule has 1 atom stereocenters. The number of carbonyl (C=O) groups excluding carboxylic acids is 1. The molecule has 0 spiro atoms. The van der Waals surface area contributed by atoms with Crippen LogP contribution in [0, 0.1) is 6.92 Å². The third-order valence-corrected chi connectivity index (χ3v) is 3.08. The van der Waals surface area contributed by atoms with Gasteiger partial charge < -0.3 is 19.6 Å². The fraction of sp³-hybridized carbons (Fsp3) is 0.250. The minimum Gasteiger partial charge on any atom is -0.482 e. The largest absolute Gasteiger partial charge is 0.482 e. The van der Waals surface area contributed by atoms with E-state index in [0.717, 1.165) is 5.56 Å². The van der Waals surface area contributed by atoms with Crippen molar-refractivity contribution in [2.75, 3.05) is 6.61 Å². The summed E-state index contributed by atoms with van der Waals surface area (Å²) in [5.41, 5.74) is 1.36. The van der Waals surface area contributed by atoms with Crippen molar-refractivity contribution in [3.63, 3.8) is 0 Å². The van der Waals surface area contributed by atoms with Crippen LogP contribution < -0.4 is 10.1 Å². The standard InChI is InChI=1S/C16H17NO5/c1-10-7-13(8-21-10)16(20)17-11(2)12-3-5-14(6-4-12)22-9-15(18)19/h3-8,11H,9H2,1-2H3,(H,17,20)(H,18,19). The molecule has 0 saturated heterocycles. The van der Waals surface area contributed by atoms with Gasteiger partial charge in [-0.3, -0.25) is 4.79 Å². The first kappa shape index (κ1) is 15.6. The number of hydrogen-bond acceptors (Lipinski definition) is 4. The Bertz CT molecular complexity index is 659. The molecule has 1 aromatic carbocycles. The molecule has 1 heterocycles. The van der Waals surface area contributed by atoms with Gasteiger partial charge in [0, 0.05) is 0 Å². The third kappa shape index (κ3) is 4.12. The summed E-state index contributed by atoms with van der Waals surface area (Å²) in [6.45, 7) is 3.25. The smallest absolute Gasteiger partial charge is 0.341 e. The fourth-order valence-electron chi connectivity index (χ4n) is 1.92. The lowest BCUT2D eigenvalue weighted by molar-refractivity contribution is -0.139. The predicted molar refractivity (Wildman–Crippen MR) is 78.9 cm³/mol. The van der Waals surface area contributed by atoms with Crippen molar-refractivity contribution in [1.29, 1.82) is 0 Å². The number of furan rings is 1. The lowest BCUT2D eigenvalue weighted by Gasteiger charge is -2.14. The monoisotopic (exact) mass is 303 g/mol. The lowest BCUT2D eigenvalue weighted by Crippen LogP contribution is -2.26. The molecule has 0 aliphatic carbocycles. The number of nitrogens with one attached hydrogen (secondary N) is 1. The Kier molecular flexibility index (Phi) is 4.83. The van der Waals surface area contributed by atoms with Gasteiger partial charge in [0.1, 0.15) is 17.8 Å². The minimum atomic E-state index is -1.03. The second-order valence-corrected chi connectivity index (χ2v) is 4.89. The van der Waals surface area contributed by atoms with Gasteiger partial charge in [-0.05, 0) is 37.6 Å². The van der Waals surface area contributed by atoms with E-state index in [-0.39, 0.29) is 18.6 Å². The first-order valence-electron chi connectivity index (χ1n) is 6.76. The van der Waals surface area contributed by atoms with Crippen molar-refractivity contribution in [3.05, 3.63) is 53.5 Å². The van der Waals surface area contributed by atoms with Crippen LogP contribution in [-0.2, 0) is 4.79 Å². The van der Waals surface area contributed by atoms with E-state index in [4.69, 9.17) is 14.3 Å². The third-order valence-electron chi connectivity index (χ3n) is 3.08. The molecule has 0 saturated carbocycles. The van der Waals surface area contributed by atoms with Gasteiger partial charge >= 0.3 is 5.97 Å². The quantitative estimate of drug-likeness (QED) is 0.856. The van der Waals surface area contributed by atoms with Gasteiger partial charge in [-0.25, -0.2) is 4.79 Å². The molecule has 0 aliphatic heterocycles. The maximum atomic E-state index is 12.0. The zero-order valence-electron chi connectivity index (χ0n) is 12.3. The van der Waals surface area contributed by atoms with Crippen molar-refractivity contribution < 1.29 is 23.8 Å². The van der Waals surface area contributed by atoms with E-state index in [0.29, 0.717) is 17.1 Å². The number of carboxylic acid groups (broad SMARTS) is 1. The van der Waals surface area contributed by atoms with Gasteiger partial charge in [0.25, 0.3) is 5.91 Å². The Hall–Kier alpha value is -2.76. The highest BCUT2D eigenvalue weighted by molar-refractivity contribution is 5.94. The van der Waals surface area contributed by atoms with Gasteiger partial charge in [0.2, 0.25) is 0 Å². The Balaban J connectivity index is 1.96. The molecule has 1 unspecified atom stereocenters. The van der Waals surface area contributed by atoms with E-state index in [1.807, 2.05) is 6.92 Å². The molecule has 0 aliphatic rings. The number of carboxylic acids is 1. The van der Waals surface area contributed by atoms with Crippen LogP contribution in [-0.4, -0.2) is 23.6 Å². The average Bonchev–Trinajstić information content (AvgIpc) is 2.92. The van der Waals surface area contributed by atoms with E-state index in [2.05, 4.69) is 5.32 Å². The Morgan fingerprint density at radius 3 is 2.55 bits per heavy atom. The first-order chi connectivity index (χ1) is 10.5. The van der Waals surface area contributed by atoms with E-state index in [1.165, 1.54) is 6.26 Å². The van der Waals surface area contributed by atoms with Crippen LogP contribution in [0.4, 0.5) is 0 Å². The van der Waals surface area contributed by atoms with Crippen LogP contribution in [0.2, 0.25) is 0 Å². The fourth-order valence-corrected chi connectivity index (χ4v) is 1.92. The van der Waals surface area contributed by atoms with Crippen LogP contribution in [0.5, 0.6) is 5.75 Å². The zero-order chi connectivity index (χ0) is 16.1. The van der Waals surface area contributed by atoms with Crippen molar-refractivity contribution >= 4 is 11.9 Å². The summed E-state index contributed by atoms with van der Waals surface area (Å²) in [7, 11) is 0. The molecular weight excluding hydrogens is 286 g/mol. The van der Waals surface area contributed by atoms with Crippen molar-refractivity contribution in [2.24, 2.45) is 0 Å². The number of carbonyl (C=O) groups is 2. The van der Waals surface area contributed by atoms with Crippen LogP contribution in [0.25, 0.3) is 0 Å². The predicted octanol–water partition coefficient (Wildman–Crippen LogP) is 2.54. The summed E-state index contributed by atoms with van der Waals surface area (Å²) >= 11 is 0. The average molecular weight is 303 g/mol. The number of hydrogen-bond donors (Lipinski definition) is 2. The summed E-state index contributed by atoms with van der Waals surface area (Å²) < 4.78 is 10.2. The lowest BCUT2D eigenvalue weighted by atomic mass is 10.1. The number of ether oxygens (including phenoxy) is 1. The molecule has 22 heavy (non-hydrogen) atoms. The molecule has 116 valence electrons. The summed E-state index contributed by atoms with van der Waals surface area (Å²) in [6, 6.07) is 8.37. The van der Waals surface area contributed by atoms with Gasteiger partial charge in [0.05, 0.1) is 11.6 Å². The van der Waals surface area contributed by atoms with Crippen LogP contribution in [0.1, 0.15) is 34.6 Å². The Labute approximate surface area is 127 Å². The summed E-state index contributed by atoms with van der Waals surface area (Å²) in [4.78, 5) is 22.5. The number of aryl methyl sites for hydroxylation is 1. The van der Waals surface area contributed by atoms with Crippen LogP contribution in [0.3, 0.4) is 0 Å². The highest BCUT2D eigenvalue weighted by atomic mass is 16.5. The van der Waals surface area contributed by atoms with Gasteiger partial charge in [-0.15, -0.1) is 0 Å². The molecule has 0 fully saturated rings. The highest BCUT2D eigenvalue weighted by Gasteiger charge is 2.13. The van der Waals surface area contributed by atoms with E-state index in [1.54, 1.807) is 37.3 Å². The molecule has 2 aromatic rings. The number of aliphatic carboxylic acids is 1. The van der Waals surface area contributed by atoms with Crippen LogP contribution >= 0.6 is 0 Å². The van der Waals surface area contributed by atoms with Gasteiger partial charge in [-0.1, -0.05) is 12.1 Å². The molecule has 0 radical (unpaired) electrons. The summed E-state index contributed by atoms with van der Waals surface area (Å²) in [5.74, 6) is -0.0939. The maximum absolute atomic E-state index is 12.0. The summed E-state index contributed by atoms with van der Waals surface area (Å²) in [6.07, 6.45) is 1.42. The molecule has 0 bridgehead atoms. The number of benzene rings is 1. The van der Waals surface area contributed by atoms with Crippen LogP contribution in [0.15, 0.2) is 41.0 Å². The molecular formula is C16H17NO5. The molecule has 2 N–H and O–H groups in total. The molecule has 1 aromatic heterocycles. The molecule has 1 amide bonds. The second-order valence-electron chi connectivity index (χ2n) is 4.89. The minimum absolute atomic E-state index is 0.198. The SMILES string of the molecule is Cc1cc(C(=O)NC(C)c2ccc(OCC(=O)O)cc2)co1. The van der Waals surface area contributed by atoms with E-state index >= 15 is 0 Å². The number of amides is 1. The number of rotatable bonds is 6. The topological polar surface area (TPSA) is 88.8 Å². The van der Waals surface area contributed by atoms with E-state index < -0.39 is 5.97 Å². The molecule has 6 heteroatoms. The maximum Gasteiger partial charge on any atom is 0.341 e. The molecule has 2 rings (SSSR count). The van der Waals surface area contributed by atoms with Crippen molar-refractivity contribution in [3.8, 4) is 5.75 Å². The molecule has 6 nitrogen and oxygen atoms in total. The normalized spacial score (nSPS) is 11.7. The van der Waals surface area contributed by atoms with E-state index in [9.17, 15) is 9.59 Å². The van der Waals surface area contributed by atoms with Gasteiger partial charge in [0.15, 0.2) is 6.61 Å². The first-order valence-corrected chi connectivity index (χ1v) is 6.76. The van der Waals surface area contributed by atoms with Crippen molar-refractivity contribution in [2.45, 2.75) is 19.9 Å². The zero-order valence-corrected chi connectivity index (χ0v) is 12.3. The summed E-state index contributed by atoms with van der Waals surface area (Å²) in [5, 5.41) is 11.4. The Morgan fingerprint density at radius 2 is 2.00 bits per heavy atom. The Morgan fingerprint density at radius 1 is 1.32 bits per heavy atom. The second kappa shape index (κ2) is 6.80.